The Morgan fingerprint density at radius 2 is 1.65 bits per heavy atom. The van der Waals surface area contributed by atoms with Gasteiger partial charge in [-0.3, -0.25) is 4.79 Å². The van der Waals surface area contributed by atoms with E-state index >= 15 is 0 Å². The van der Waals surface area contributed by atoms with Crippen LogP contribution in [0.2, 0.25) is 0 Å². The van der Waals surface area contributed by atoms with E-state index in [2.05, 4.69) is 29.2 Å². The molecule has 20 heavy (non-hydrogen) atoms. The van der Waals surface area contributed by atoms with Crippen LogP contribution in [0.5, 0.6) is 0 Å². The highest BCUT2D eigenvalue weighted by Crippen LogP contribution is 2.27. The van der Waals surface area contributed by atoms with E-state index in [0.717, 1.165) is 22.4 Å². The Morgan fingerprint density at radius 1 is 0.950 bits per heavy atom. The van der Waals surface area contributed by atoms with Crippen molar-refractivity contribution in [2.45, 2.75) is 0 Å². The summed E-state index contributed by atoms with van der Waals surface area (Å²) < 4.78 is 0. The normalized spacial score (nSPS) is 10.4. The number of amides is 1. The molecular weight excluding hydrogens is 268 g/mol. The fourth-order valence-corrected chi connectivity index (χ4v) is 2.69. The van der Waals surface area contributed by atoms with Gasteiger partial charge in [-0.2, -0.15) is 0 Å². The second kappa shape index (κ2) is 5.27. The fraction of sp³-hybridized carbons (Fsp3) is 0. The maximum atomic E-state index is 11.1. The maximum Gasteiger partial charge on any atom is 0.277 e. The fourth-order valence-electron chi connectivity index (χ4n) is 2.01. The minimum Gasteiger partial charge on any atom is -0.364 e. The van der Waals surface area contributed by atoms with Gasteiger partial charge in [0.1, 0.15) is 0 Å². The van der Waals surface area contributed by atoms with Crippen molar-refractivity contribution in [3.63, 3.8) is 0 Å². The second-order valence-corrected chi connectivity index (χ2v) is 5.21. The highest BCUT2D eigenvalue weighted by atomic mass is 32.1. The van der Waals surface area contributed by atoms with Gasteiger partial charge in [-0.05, 0) is 17.2 Å². The van der Waals surface area contributed by atoms with Crippen LogP contribution >= 0.6 is 11.3 Å². The number of thiazole rings is 1. The zero-order valence-electron chi connectivity index (χ0n) is 10.6. The van der Waals surface area contributed by atoms with Gasteiger partial charge in [0.05, 0.1) is 5.69 Å². The third-order valence-electron chi connectivity index (χ3n) is 2.98. The van der Waals surface area contributed by atoms with Crippen LogP contribution in [0, 0.1) is 0 Å². The monoisotopic (exact) mass is 280 g/mol. The number of carbonyl (C=O) groups is 1. The summed E-state index contributed by atoms with van der Waals surface area (Å²) >= 11 is 1.27. The molecule has 2 aromatic carbocycles. The Bertz CT molecular complexity index is 750. The van der Waals surface area contributed by atoms with Gasteiger partial charge in [0.25, 0.3) is 5.91 Å². The minimum atomic E-state index is -0.486. The van der Waals surface area contributed by atoms with Crippen LogP contribution in [0.25, 0.3) is 22.4 Å². The van der Waals surface area contributed by atoms with Crippen molar-refractivity contribution in [3.05, 3.63) is 65.0 Å². The summed E-state index contributed by atoms with van der Waals surface area (Å²) in [5, 5.41) is 2.19. The molecule has 98 valence electrons. The number of hydrogen-bond acceptors (Lipinski definition) is 3. The molecule has 3 nitrogen and oxygen atoms in total. The Morgan fingerprint density at radius 3 is 2.35 bits per heavy atom. The lowest BCUT2D eigenvalue weighted by Crippen LogP contribution is -2.10. The van der Waals surface area contributed by atoms with Crippen molar-refractivity contribution in [1.82, 2.24) is 4.98 Å². The van der Waals surface area contributed by atoms with E-state index in [0.29, 0.717) is 5.01 Å². The van der Waals surface area contributed by atoms with Crippen molar-refractivity contribution in [2.24, 2.45) is 5.73 Å². The summed E-state index contributed by atoms with van der Waals surface area (Å²) in [6.07, 6.45) is 0. The molecule has 1 aromatic heterocycles. The van der Waals surface area contributed by atoms with E-state index in [-0.39, 0.29) is 0 Å². The number of aromatic nitrogens is 1. The molecule has 0 aliphatic rings. The summed E-state index contributed by atoms with van der Waals surface area (Å²) in [6, 6.07) is 18.2. The van der Waals surface area contributed by atoms with Crippen LogP contribution in [0.15, 0.2) is 60.0 Å². The van der Waals surface area contributed by atoms with E-state index in [9.17, 15) is 4.79 Å². The van der Waals surface area contributed by atoms with Gasteiger partial charge in [-0.25, -0.2) is 4.98 Å². The first kappa shape index (κ1) is 12.6. The highest BCUT2D eigenvalue weighted by molar-refractivity contribution is 7.12. The van der Waals surface area contributed by atoms with E-state index in [1.807, 2.05) is 35.7 Å². The molecule has 0 fully saturated rings. The first-order valence-electron chi connectivity index (χ1n) is 6.15. The van der Waals surface area contributed by atoms with Crippen LogP contribution in [0.1, 0.15) is 9.80 Å². The summed E-state index contributed by atoms with van der Waals surface area (Å²) in [4.78, 5) is 15.4. The van der Waals surface area contributed by atoms with Gasteiger partial charge in [-0.15, -0.1) is 11.3 Å². The summed E-state index contributed by atoms with van der Waals surface area (Å²) in [5.41, 5.74) is 9.27. The molecule has 2 N–H and O–H groups in total. The van der Waals surface area contributed by atoms with Crippen LogP contribution in [0.4, 0.5) is 0 Å². The van der Waals surface area contributed by atoms with Crippen molar-refractivity contribution >= 4 is 17.2 Å². The summed E-state index contributed by atoms with van der Waals surface area (Å²) in [6.45, 7) is 0. The number of hydrogen-bond donors (Lipinski definition) is 1. The molecule has 4 heteroatoms. The van der Waals surface area contributed by atoms with Gasteiger partial charge < -0.3 is 5.73 Å². The SMILES string of the molecule is NC(=O)c1nc(-c2cccc(-c3ccccc3)c2)cs1. The molecular formula is C16H12N2OS. The van der Waals surface area contributed by atoms with Gasteiger partial charge in [-0.1, -0.05) is 48.5 Å². The Hall–Kier alpha value is -2.46. The van der Waals surface area contributed by atoms with Crippen LogP contribution in [-0.4, -0.2) is 10.9 Å². The molecule has 0 atom stereocenters. The molecule has 3 aromatic rings. The van der Waals surface area contributed by atoms with Gasteiger partial charge in [0.15, 0.2) is 5.01 Å². The quantitative estimate of drug-likeness (QED) is 0.797. The smallest absolute Gasteiger partial charge is 0.277 e. The lowest BCUT2D eigenvalue weighted by Gasteiger charge is -2.03. The summed E-state index contributed by atoms with van der Waals surface area (Å²) in [7, 11) is 0. The Kier molecular flexibility index (Phi) is 3.31. The number of rotatable bonds is 3. The molecule has 1 heterocycles. The molecule has 0 radical (unpaired) electrons. The molecule has 0 aliphatic carbocycles. The van der Waals surface area contributed by atoms with E-state index in [4.69, 9.17) is 5.73 Å². The largest absolute Gasteiger partial charge is 0.364 e. The predicted octanol–water partition coefficient (Wildman–Crippen LogP) is 3.58. The van der Waals surface area contributed by atoms with E-state index in [1.165, 1.54) is 11.3 Å². The van der Waals surface area contributed by atoms with Crippen molar-refractivity contribution in [3.8, 4) is 22.4 Å². The molecule has 3 rings (SSSR count). The number of primary amides is 1. The van der Waals surface area contributed by atoms with Crippen LogP contribution < -0.4 is 5.73 Å². The molecule has 0 unspecified atom stereocenters. The van der Waals surface area contributed by atoms with Crippen LogP contribution in [0.3, 0.4) is 0 Å². The topological polar surface area (TPSA) is 56.0 Å². The molecule has 0 saturated heterocycles. The first-order chi connectivity index (χ1) is 9.74. The number of benzene rings is 2. The zero-order valence-corrected chi connectivity index (χ0v) is 11.4. The zero-order chi connectivity index (χ0) is 13.9. The average Bonchev–Trinajstić information content (AvgIpc) is 2.98. The second-order valence-electron chi connectivity index (χ2n) is 4.35. The van der Waals surface area contributed by atoms with Crippen molar-refractivity contribution < 1.29 is 4.79 Å². The van der Waals surface area contributed by atoms with E-state index in [1.54, 1.807) is 0 Å². The Balaban J connectivity index is 2.01. The van der Waals surface area contributed by atoms with Crippen LogP contribution in [-0.2, 0) is 0 Å². The van der Waals surface area contributed by atoms with Crippen molar-refractivity contribution in [1.29, 1.82) is 0 Å². The highest BCUT2D eigenvalue weighted by Gasteiger charge is 2.09. The molecule has 0 bridgehead atoms. The lowest BCUT2D eigenvalue weighted by molar-refractivity contribution is 0.1000. The minimum absolute atomic E-state index is 0.338. The summed E-state index contributed by atoms with van der Waals surface area (Å²) in [5.74, 6) is -0.486. The number of carbonyl (C=O) groups excluding carboxylic acids is 1. The standard InChI is InChI=1S/C16H12N2OS/c17-15(19)16-18-14(10-20-16)13-8-4-7-12(9-13)11-5-2-1-3-6-11/h1-10H,(H2,17,19). The maximum absolute atomic E-state index is 11.1. The number of nitrogens with zero attached hydrogens (tertiary/aromatic N) is 1. The van der Waals surface area contributed by atoms with E-state index < -0.39 is 5.91 Å². The first-order valence-corrected chi connectivity index (χ1v) is 7.03. The molecule has 0 aliphatic heterocycles. The average molecular weight is 280 g/mol. The Labute approximate surface area is 120 Å². The number of nitrogens with two attached hydrogens (primary N) is 1. The molecule has 0 saturated carbocycles. The van der Waals surface area contributed by atoms with Gasteiger partial charge in [0.2, 0.25) is 0 Å². The third-order valence-corrected chi connectivity index (χ3v) is 3.84. The van der Waals surface area contributed by atoms with Gasteiger partial charge >= 0.3 is 0 Å². The van der Waals surface area contributed by atoms with Crippen molar-refractivity contribution in [2.75, 3.05) is 0 Å². The molecule has 0 spiro atoms. The third kappa shape index (κ3) is 2.46. The lowest BCUT2D eigenvalue weighted by atomic mass is 10.0. The van der Waals surface area contributed by atoms with Gasteiger partial charge in [0, 0.05) is 10.9 Å². The predicted molar refractivity (Wildman–Crippen MR) is 81.5 cm³/mol. The molecule has 1 amide bonds.